The third kappa shape index (κ3) is 3.70. The molecule has 1 aromatic heterocycles. The molecule has 0 unspecified atom stereocenters. The number of nitrogens with one attached hydrogen (secondary N) is 1. The Bertz CT molecular complexity index is 1140. The highest BCUT2D eigenvalue weighted by atomic mass is 16.5. The predicted octanol–water partition coefficient (Wildman–Crippen LogP) is 2.98. The van der Waals surface area contributed by atoms with E-state index in [2.05, 4.69) is 10.3 Å². The van der Waals surface area contributed by atoms with E-state index in [1.807, 2.05) is 53.4 Å². The molecule has 8 heteroatoms. The summed E-state index contributed by atoms with van der Waals surface area (Å²) in [5.74, 6) is -0.232. The lowest BCUT2D eigenvalue weighted by Crippen LogP contribution is -2.55. The first-order chi connectivity index (χ1) is 17.5. The molecule has 1 saturated carbocycles. The lowest BCUT2D eigenvalue weighted by molar-refractivity contribution is -0.138. The van der Waals surface area contributed by atoms with Gasteiger partial charge in [-0.1, -0.05) is 36.4 Å². The number of aromatic nitrogens is 1. The zero-order valence-corrected chi connectivity index (χ0v) is 20.4. The van der Waals surface area contributed by atoms with Gasteiger partial charge in [-0.25, -0.2) is 4.79 Å². The van der Waals surface area contributed by atoms with Crippen molar-refractivity contribution in [3.8, 4) is 0 Å². The van der Waals surface area contributed by atoms with Crippen LogP contribution in [0.3, 0.4) is 0 Å². The third-order valence-corrected chi connectivity index (χ3v) is 8.49. The highest BCUT2D eigenvalue weighted by molar-refractivity contribution is 6.07. The number of amides is 4. The Morgan fingerprint density at radius 3 is 2.42 bits per heavy atom. The molecule has 3 aliphatic heterocycles. The normalized spacial score (nSPS) is 27.8. The van der Waals surface area contributed by atoms with Crippen molar-refractivity contribution in [2.75, 3.05) is 26.2 Å². The largest absolute Gasteiger partial charge is 0.376 e. The van der Waals surface area contributed by atoms with Crippen molar-refractivity contribution in [1.82, 2.24) is 20.1 Å². The van der Waals surface area contributed by atoms with E-state index in [1.165, 1.54) is 4.90 Å². The van der Waals surface area contributed by atoms with Crippen LogP contribution >= 0.6 is 0 Å². The second-order valence-corrected chi connectivity index (χ2v) is 10.5. The van der Waals surface area contributed by atoms with Crippen molar-refractivity contribution in [2.45, 2.75) is 55.6 Å². The molecule has 4 amide bonds. The van der Waals surface area contributed by atoms with Crippen LogP contribution in [-0.2, 0) is 25.3 Å². The van der Waals surface area contributed by atoms with Gasteiger partial charge >= 0.3 is 6.03 Å². The fraction of sp³-hybridized carbons (Fsp3) is 0.500. The van der Waals surface area contributed by atoms with Crippen LogP contribution in [0.5, 0.6) is 0 Å². The van der Waals surface area contributed by atoms with Gasteiger partial charge in [0.2, 0.25) is 5.91 Å². The van der Waals surface area contributed by atoms with E-state index in [-0.39, 0.29) is 36.4 Å². The smallest absolute Gasteiger partial charge is 0.325 e. The van der Waals surface area contributed by atoms with Crippen LogP contribution in [0.25, 0.3) is 0 Å². The van der Waals surface area contributed by atoms with Gasteiger partial charge in [0.05, 0.1) is 23.8 Å². The maximum atomic E-state index is 14.0. The van der Waals surface area contributed by atoms with Crippen LogP contribution < -0.4 is 5.32 Å². The van der Waals surface area contributed by atoms with Crippen molar-refractivity contribution in [3.63, 3.8) is 0 Å². The number of nitrogens with zero attached hydrogens (tertiary/aromatic N) is 3. The number of benzene rings is 1. The molecule has 1 aromatic carbocycles. The molecule has 1 N–H and O–H groups in total. The van der Waals surface area contributed by atoms with Gasteiger partial charge in [-0.2, -0.15) is 0 Å². The molecule has 36 heavy (non-hydrogen) atoms. The number of carbonyl (C=O) groups is 3. The van der Waals surface area contributed by atoms with Crippen LogP contribution in [0.4, 0.5) is 4.79 Å². The first-order valence-corrected chi connectivity index (χ1v) is 13.1. The number of imide groups is 1. The Hall–Kier alpha value is -3.26. The highest BCUT2D eigenvalue weighted by Crippen LogP contribution is 2.50. The number of hydrogen-bond acceptors (Lipinski definition) is 5. The lowest BCUT2D eigenvalue weighted by Gasteiger charge is -2.41. The summed E-state index contributed by atoms with van der Waals surface area (Å²) in [7, 11) is 0. The average molecular weight is 489 g/mol. The topological polar surface area (TPSA) is 91.8 Å². The Balaban J connectivity index is 1.23. The van der Waals surface area contributed by atoms with E-state index in [9.17, 15) is 14.4 Å². The fourth-order valence-electron chi connectivity index (χ4n) is 6.33. The number of ether oxygens (including phenoxy) is 1. The predicted molar refractivity (Wildman–Crippen MR) is 132 cm³/mol. The molecule has 3 saturated heterocycles. The van der Waals surface area contributed by atoms with Gasteiger partial charge < -0.3 is 15.0 Å². The standard InChI is InChI=1S/C28H32N4O4/c33-24(27(13-14-27)20-7-2-1-3-8-20)31-16-11-21(12-17-31)28(23-10-4-5-15-29-23)25(34)32(26(35)30-28)19-22-9-6-18-36-22/h1-5,7-8,10,15,21-22H,6,9,11-14,16-19H2,(H,30,35)/t22-,28-/m0/s1. The number of piperidine rings is 1. The first kappa shape index (κ1) is 23.2. The summed E-state index contributed by atoms with van der Waals surface area (Å²) in [5.41, 5.74) is 0.0291. The van der Waals surface area contributed by atoms with Gasteiger partial charge in [0.1, 0.15) is 0 Å². The third-order valence-electron chi connectivity index (χ3n) is 8.49. The van der Waals surface area contributed by atoms with Crippen LogP contribution in [0.15, 0.2) is 54.7 Å². The molecule has 6 rings (SSSR count). The van der Waals surface area contributed by atoms with E-state index in [0.29, 0.717) is 38.2 Å². The van der Waals surface area contributed by atoms with Crippen molar-refractivity contribution in [3.05, 3.63) is 66.0 Å². The summed E-state index contributed by atoms with van der Waals surface area (Å²) < 4.78 is 5.71. The number of hydrogen-bond donors (Lipinski definition) is 1. The minimum absolute atomic E-state index is 0.119. The Morgan fingerprint density at radius 1 is 1.03 bits per heavy atom. The van der Waals surface area contributed by atoms with Crippen LogP contribution in [0, 0.1) is 5.92 Å². The van der Waals surface area contributed by atoms with Crippen molar-refractivity contribution in [2.24, 2.45) is 5.92 Å². The van der Waals surface area contributed by atoms with Gasteiger partial charge in [0.15, 0.2) is 5.54 Å². The van der Waals surface area contributed by atoms with Crippen LogP contribution in [-0.4, -0.2) is 65.0 Å². The number of likely N-dealkylation sites (tertiary alicyclic amines) is 1. The molecular formula is C28H32N4O4. The average Bonchev–Trinajstić information content (AvgIpc) is 3.50. The van der Waals surface area contributed by atoms with E-state index in [4.69, 9.17) is 4.74 Å². The van der Waals surface area contributed by atoms with Gasteiger partial charge in [-0.15, -0.1) is 0 Å². The van der Waals surface area contributed by atoms with Crippen molar-refractivity contribution >= 4 is 17.8 Å². The molecule has 0 spiro atoms. The van der Waals surface area contributed by atoms with E-state index in [0.717, 1.165) is 31.2 Å². The number of carbonyl (C=O) groups excluding carboxylic acids is 3. The van der Waals surface area contributed by atoms with Gasteiger partial charge in [-0.05, 0) is 56.2 Å². The zero-order chi connectivity index (χ0) is 24.8. The molecule has 1 aliphatic carbocycles. The second-order valence-electron chi connectivity index (χ2n) is 10.5. The lowest BCUT2D eigenvalue weighted by atomic mass is 9.74. The summed E-state index contributed by atoms with van der Waals surface area (Å²) in [6, 6.07) is 15.1. The Labute approximate surface area is 211 Å². The quantitative estimate of drug-likeness (QED) is 0.632. The SMILES string of the molecule is O=C1N[C@](c2ccccn2)(C2CCN(C(=O)C3(c4ccccc4)CC3)CC2)C(=O)N1C[C@@H]1CCCO1. The molecule has 0 bridgehead atoms. The Kier molecular flexibility index (Phi) is 5.79. The summed E-state index contributed by atoms with van der Waals surface area (Å²) in [5, 5.41) is 3.06. The minimum Gasteiger partial charge on any atom is -0.376 e. The van der Waals surface area contributed by atoms with Crippen molar-refractivity contribution < 1.29 is 19.1 Å². The van der Waals surface area contributed by atoms with Gasteiger partial charge in [0, 0.05) is 31.8 Å². The van der Waals surface area contributed by atoms with Crippen molar-refractivity contribution in [1.29, 1.82) is 0 Å². The minimum atomic E-state index is -1.22. The molecule has 0 radical (unpaired) electrons. The molecule has 2 aromatic rings. The monoisotopic (exact) mass is 488 g/mol. The molecule has 8 nitrogen and oxygen atoms in total. The second kappa shape index (κ2) is 9.00. The molecular weight excluding hydrogens is 456 g/mol. The summed E-state index contributed by atoms with van der Waals surface area (Å²) in [6.45, 7) is 2.04. The maximum Gasteiger partial charge on any atom is 0.325 e. The molecule has 4 aliphatic rings. The first-order valence-electron chi connectivity index (χ1n) is 13.1. The fourth-order valence-corrected chi connectivity index (χ4v) is 6.33. The number of rotatable bonds is 6. The van der Waals surface area contributed by atoms with E-state index in [1.54, 1.807) is 6.20 Å². The summed E-state index contributed by atoms with van der Waals surface area (Å²) in [4.78, 5) is 48.5. The summed E-state index contributed by atoms with van der Waals surface area (Å²) in [6.07, 6.45) is 6.31. The molecule has 2 atom stereocenters. The molecule has 4 heterocycles. The van der Waals surface area contributed by atoms with E-state index < -0.39 is 11.0 Å². The maximum absolute atomic E-state index is 14.0. The summed E-state index contributed by atoms with van der Waals surface area (Å²) >= 11 is 0. The number of urea groups is 1. The van der Waals surface area contributed by atoms with E-state index >= 15 is 0 Å². The highest BCUT2D eigenvalue weighted by Gasteiger charge is 2.59. The Morgan fingerprint density at radius 2 is 1.78 bits per heavy atom. The zero-order valence-electron chi connectivity index (χ0n) is 20.4. The molecule has 188 valence electrons. The van der Waals surface area contributed by atoms with Crippen LogP contribution in [0.2, 0.25) is 0 Å². The number of pyridine rings is 1. The van der Waals surface area contributed by atoms with Gasteiger partial charge in [-0.3, -0.25) is 19.5 Å². The van der Waals surface area contributed by atoms with Crippen LogP contribution in [0.1, 0.15) is 49.8 Å². The molecule has 4 fully saturated rings. The van der Waals surface area contributed by atoms with Gasteiger partial charge in [0.25, 0.3) is 5.91 Å².